The summed E-state index contributed by atoms with van der Waals surface area (Å²) in [5.41, 5.74) is 3.54. The third-order valence-corrected chi connectivity index (χ3v) is 4.43. The molecule has 0 bridgehead atoms. The fourth-order valence-electron chi connectivity index (χ4n) is 2.51. The average Bonchev–Trinajstić information content (AvgIpc) is 3.05. The van der Waals surface area contributed by atoms with Crippen molar-refractivity contribution in [3.8, 4) is 0 Å². The minimum Gasteiger partial charge on any atom is -0.327 e. The molecule has 1 aromatic carbocycles. The van der Waals surface area contributed by atoms with E-state index >= 15 is 0 Å². The molecule has 2 heterocycles. The predicted molar refractivity (Wildman–Crippen MR) is 84.7 cm³/mol. The number of hydrogen-bond acceptors (Lipinski definition) is 3. The Bertz CT molecular complexity index is 703. The van der Waals surface area contributed by atoms with Crippen LogP contribution in [0.1, 0.15) is 16.4 Å². The quantitative estimate of drug-likeness (QED) is 0.671. The highest BCUT2D eigenvalue weighted by molar-refractivity contribution is 7.09. The van der Waals surface area contributed by atoms with Gasteiger partial charge in [0, 0.05) is 36.8 Å². The van der Waals surface area contributed by atoms with E-state index in [9.17, 15) is 0 Å². The van der Waals surface area contributed by atoms with Crippen LogP contribution >= 0.6 is 22.9 Å². The van der Waals surface area contributed by atoms with Crippen LogP contribution in [0.25, 0.3) is 11.0 Å². The van der Waals surface area contributed by atoms with Gasteiger partial charge in [-0.2, -0.15) is 0 Å². The molecule has 0 spiro atoms. The topological polar surface area (TPSA) is 30.7 Å². The van der Waals surface area contributed by atoms with Gasteiger partial charge in [0.1, 0.15) is 5.82 Å². The summed E-state index contributed by atoms with van der Waals surface area (Å²) < 4.78 is 2.30. The molecule has 3 aromatic rings. The van der Waals surface area contributed by atoms with E-state index in [-0.39, 0.29) is 0 Å². The molecule has 104 valence electrons. The summed E-state index contributed by atoms with van der Waals surface area (Å²) in [7, 11) is 0. The highest BCUT2D eigenvalue weighted by atomic mass is 35.5. The van der Waals surface area contributed by atoms with Crippen molar-refractivity contribution in [1.29, 1.82) is 0 Å². The van der Waals surface area contributed by atoms with Crippen LogP contribution in [0.15, 0.2) is 29.8 Å². The maximum Gasteiger partial charge on any atom is 0.111 e. The van der Waals surface area contributed by atoms with Crippen LogP contribution in [-0.4, -0.2) is 20.4 Å². The van der Waals surface area contributed by atoms with Gasteiger partial charge in [0.2, 0.25) is 0 Å². The summed E-state index contributed by atoms with van der Waals surface area (Å²) in [5, 5.41) is 3.18. The molecule has 20 heavy (non-hydrogen) atoms. The summed E-state index contributed by atoms with van der Waals surface area (Å²) in [6, 6.07) is 6.26. The Morgan fingerprint density at radius 2 is 2.20 bits per heavy atom. The molecule has 0 saturated heterocycles. The lowest BCUT2D eigenvalue weighted by Gasteiger charge is -2.09. The highest BCUT2D eigenvalue weighted by Crippen LogP contribution is 2.21. The first-order valence-corrected chi connectivity index (χ1v) is 8.10. The van der Waals surface area contributed by atoms with Crippen LogP contribution in [0.3, 0.4) is 0 Å². The molecule has 0 aliphatic carbocycles. The summed E-state index contributed by atoms with van der Waals surface area (Å²) in [4.78, 5) is 9.08. The third kappa shape index (κ3) is 2.58. The van der Waals surface area contributed by atoms with E-state index < -0.39 is 0 Å². The fraction of sp³-hybridized carbons (Fsp3) is 0.333. The van der Waals surface area contributed by atoms with Gasteiger partial charge in [0.25, 0.3) is 0 Å². The van der Waals surface area contributed by atoms with E-state index in [2.05, 4.69) is 34.7 Å². The monoisotopic (exact) mass is 305 g/mol. The zero-order valence-corrected chi connectivity index (χ0v) is 12.9. The zero-order chi connectivity index (χ0) is 13.9. The molecule has 2 aromatic heterocycles. The number of alkyl halides is 1. The van der Waals surface area contributed by atoms with E-state index in [1.165, 1.54) is 11.1 Å². The van der Waals surface area contributed by atoms with Crippen molar-refractivity contribution < 1.29 is 0 Å². The van der Waals surface area contributed by atoms with Crippen molar-refractivity contribution in [3.05, 3.63) is 46.2 Å². The Balaban J connectivity index is 1.99. The number of fused-ring (bicyclic) bond motifs is 1. The second-order valence-corrected chi connectivity index (χ2v) is 6.09. The molecule has 0 amide bonds. The number of halogens is 1. The molecule has 0 N–H and O–H groups in total. The normalized spacial score (nSPS) is 11.3. The minimum atomic E-state index is 0.597. The first kappa shape index (κ1) is 13.6. The molecule has 0 fully saturated rings. The zero-order valence-electron chi connectivity index (χ0n) is 11.3. The van der Waals surface area contributed by atoms with E-state index in [0.717, 1.165) is 35.7 Å². The van der Waals surface area contributed by atoms with Crippen LogP contribution in [0.5, 0.6) is 0 Å². The van der Waals surface area contributed by atoms with Crippen molar-refractivity contribution in [2.75, 3.05) is 5.88 Å². The van der Waals surface area contributed by atoms with Crippen LogP contribution in [-0.2, 0) is 19.4 Å². The molecule has 0 unspecified atom stereocenters. The van der Waals surface area contributed by atoms with Crippen LogP contribution in [0, 0.1) is 6.92 Å². The fourth-order valence-corrected chi connectivity index (χ4v) is 3.29. The van der Waals surface area contributed by atoms with E-state index in [1.54, 1.807) is 11.3 Å². The number of imidazole rings is 1. The number of rotatable bonds is 5. The smallest absolute Gasteiger partial charge is 0.111 e. The second kappa shape index (κ2) is 5.94. The van der Waals surface area contributed by atoms with E-state index in [0.29, 0.717) is 5.88 Å². The number of benzene rings is 1. The van der Waals surface area contributed by atoms with Gasteiger partial charge in [0.15, 0.2) is 0 Å². The van der Waals surface area contributed by atoms with Gasteiger partial charge in [-0.25, -0.2) is 9.97 Å². The molecule has 0 aliphatic rings. The van der Waals surface area contributed by atoms with Crippen LogP contribution in [0.2, 0.25) is 0 Å². The van der Waals surface area contributed by atoms with Gasteiger partial charge < -0.3 is 4.57 Å². The van der Waals surface area contributed by atoms with Crippen molar-refractivity contribution in [3.63, 3.8) is 0 Å². The van der Waals surface area contributed by atoms with Gasteiger partial charge in [-0.15, -0.1) is 22.9 Å². The van der Waals surface area contributed by atoms with Crippen molar-refractivity contribution in [2.45, 2.75) is 26.3 Å². The Hall–Kier alpha value is -1.39. The number of aromatic nitrogens is 3. The second-order valence-electron chi connectivity index (χ2n) is 4.74. The van der Waals surface area contributed by atoms with Crippen LogP contribution < -0.4 is 0 Å². The molecular weight excluding hydrogens is 290 g/mol. The first-order chi connectivity index (χ1) is 9.79. The summed E-state index contributed by atoms with van der Waals surface area (Å²) in [5.74, 6) is 1.67. The highest BCUT2D eigenvalue weighted by Gasteiger charge is 2.12. The van der Waals surface area contributed by atoms with Crippen molar-refractivity contribution >= 4 is 34.0 Å². The largest absolute Gasteiger partial charge is 0.327 e. The van der Waals surface area contributed by atoms with Crippen molar-refractivity contribution in [1.82, 2.24) is 14.5 Å². The molecule has 3 nitrogen and oxygen atoms in total. The Morgan fingerprint density at radius 3 is 2.95 bits per heavy atom. The van der Waals surface area contributed by atoms with Crippen LogP contribution in [0.4, 0.5) is 0 Å². The lowest BCUT2D eigenvalue weighted by atomic mass is 10.2. The van der Waals surface area contributed by atoms with Gasteiger partial charge in [0.05, 0.1) is 16.0 Å². The number of aryl methyl sites for hydroxylation is 4. The Morgan fingerprint density at radius 1 is 1.30 bits per heavy atom. The van der Waals surface area contributed by atoms with Crippen molar-refractivity contribution in [2.24, 2.45) is 0 Å². The lowest BCUT2D eigenvalue weighted by Crippen LogP contribution is -2.07. The average molecular weight is 306 g/mol. The van der Waals surface area contributed by atoms with Gasteiger partial charge >= 0.3 is 0 Å². The molecule has 3 rings (SSSR count). The van der Waals surface area contributed by atoms with E-state index in [1.807, 2.05) is 11.6 Å². The maximum atomic E-state index is 5.91. The first-order valence-electron chi connectivity index (χ1n) is 6.68. The number of nitrogens with zero attached hydrogens (tertiary/aromatic N) is 3. The molecule has 0 atom stereocenters. The summed E-state index contributed by atoms with van der Waals surface area (Å²) in [6.07, 6.45) is 3.59. The molecule has 0 saturated carbocycles. The predicted octanol–water partition coefficient (Wildman–Crippen LogP) is 3.83. The third-order valence-electron chi connectivity index (χ3n) is 3.40. The maximum absolute atomic E-state index is 5.91. The number of para-hydroxylation sites is 1. The lowest BCUT2D eigenvalue weighted by molar-refractivity contribution is 0.672. The van der Waals surface area contributed by atoms with Gasteiger partial charge in [-0.05, 0) is 18.6 Å². The molecule has 0 aliphatic heterocycles. The summed E-state index contributed by atoms with van der Waals surface area (Å²) >= 11 is 7.61. The minimum absolute atomic E-state index is 0.597. The number of hydrogen-bond donors (Lipinski definition) is 0. The molecule has 5 heteroatoms. The standard InChI is InChI=1S/C15H16ClN3S/c1-11-3-2-4-12-15(11)19(13(18-12)5-7-16)9-6-14-17-8-10-20-14/h2-4,8,10H,5-7,9H2,1H3. The van der Waals surface area contributed by atoms with E-state index in [4.69, 9.17) is 16.6 Å². The molecule has 0 radical (unpaired) electrons. The number of thiazole rings is 1. The Kier molecular flexibility index (Phi) is 4.03. The van der Waals surface area contributed by atoms with Gasteiger partial charge in [-0.1, -0.05) is 12.1 Å². The Labute approximate surface area is 127 Å². The SMILES string of the molecule is Cc1cccc2nc(CCCl)n(CCc3nccs3)c12. The summed E-state index contributed by atoms with van der Waals surface area (Å²) in [6.45, 7) is 3.04. The molecular formula is C15H16ClN3S. The van der Waals surface area contributed by atoms with Gasteiger partial charge in [-0.3, -0.25) is 0 Å².